The molecule has 0 amide bonds. The summed E-state index contributed by atoms with van der Waals surface area (Å²) in [7, 11) is 3.22. The van der Waals surface area contributed by atoms with Gasteiger partial charge in [0.2, 0.25) is 5.95 Å². The van der Waals surface area contributed by atoms with Gasteiger partial charge in [0.15, 0.2) is 17.3 Å². The van der Waals surface area contributed by atoms with Gasteiger partial charge in [-0.2, -0.15) is 10.1 Å². The van der Waals surface area contributed by atoms with Gasteiger partial charge in [-0.15, -0.1) is 5.10 Å². The van der Waals surface area contributed by atoms with Crippen LogP contribution in [0.25, 0.3) is 0 Å². The van der Waals surface area contributed by atoms with E-state index >= 15 is 0 Å². The molecule has 138 valence electrons. The molecule has 27 heavy (non-hydrogen) atoms. The van der Waals surface area contributed by atoms with E-state index in [0.717, 1.165) is 31.0 Å². The lowest BCUT2D eigenvalue weighted by molar-refractivity contribution is 0.355. The second-order valence-electron chi connectivity index (χ2n) is 6.27. The van der Waals surface area contributed by atoms with Crippen LogP contribution in [-0.4, -0.2) is 35.9 Å². The molecular formula is C20H21N5O2. The van der Waals surface area contributed by atoms with Gasteiger partial charge in [-0.1, -0.05) is 24.3 Å². The van der Waals surface area contributed by atoms with Gasteiger partial charge in [-0.05, 0) is 29.7 Å². The Morgan fingerprint density at radius 2 is 1.81 bits per heavy atom. The van der Waals surface area contributed by atoms with Gasteiger partial charge in [0, 0.05) is 24.8 Å². The molecule has 0 saturated heterocycles. The number of benzene rings is 2. The van der Waals surface area contributed by atoms with Crippen molar-refractivity contribution in [3.63, 3.8) is 0 Å². The van der Waals surface area contributed by atoms with Crippen molar-refractivity contribution in [2.24, 2.45) is 0 Å². The van der Waals surface area contributed by atoms with Crippen LogP contribution < -0.4 is 19.7 Å². The van der Waals surface area contributed by atoms with Crippen LogP contribution in [0.3, 0.4) is 0 Å². The molecule has 2 aromatic carbocycles. The Morgan fingerprint density at radius 1 is 1.00 bits per heavy atom. The lowest BCUT2D eigenvalue weighted by Crippen LogP contribution is -2.31. The maximum atomic E-state index is 5.34. The SMILES string of the molecule is COc1ccc(Nc2nncc(N3CCc4ccccc4C3)n2)cc1OC. The summed E-state index contributed by atoms with van der Waals surface area (Å²) >= 11 is 0. The largest absolute Gasteiger partial charge is 0.493 e. The summed E-state index contributed by atoms with van der Waals surface area (Å²) in [5, 5.41) is 11.4. The first-order valence-corrected chi connectivity index (χ1v) is 8.77. The Hall–Kier alpha value is -3.35. The van der Waals surface area contributed by atoms with Crippen LogP contribution in [0, 0.1) is 0 Å². The van der Waals surface area contributed by atoms with E-state index in [1.54, 1.807) is 20.4 Å². The molecule has 7 heteroatoms. The van der Waals surface area contributed by atoms with E-state index in [1.807, 2.05) is 18.2 Å². The molecule has 1 aromatic heterocycles. The van der Waals surface area contributed by atoms with Crippen LogP contribution >= 0.6 is 0 Å². The fourth-order valence-corrected chi connectivity index (χ4v) is 3.23. The predicted octanol–water partition coefficient (Wildman–Crippen LogP) is 3.20. The molecule has 0 radical (unpaired) electrons. The molecule has 0 fully saturated rings. The first kappa shape index (κ1) is 17.1. The maximum Gasteiger partial charge on any atom is 0.249 e. The summed E-state index contributed by atoms with van der Waals surface area (Å²) in [6, 6.07) is 14.1. The van der Waals surface area contributed by atoms with Crippen LogP contribution in [-0.2, 0) is 13.0 Å². The van der Waals surface area contributed by atoms with Crippen molar-refractivity contribution in [3.05, 3.63) is 59.8 Å². The third-order valence-electron chi connectivity index (χ3n) is 4.64. The van der Waals surface area contributed by atoms with Gasteiger partial charge < -0.3 is 19.7 Å². The zero-order chi connectivity index (χ0) is 18.6. The zero-order valence-corrected chi connectivity index (χ0v) is 15.3. The quantitative estimate of drug-likeness (QED) is 0.746. The number of nitrogens with zero attached hydrogens (tertiary/aromatic N) is 4. The monoisotopic (exact) mass is 363 g/mol. The molecule has 0 saturated carbocycles. The number of hydrogen-bond acceptors (Lipinski definition) is 7. The second kappa shape index (κ2) is 7.49. The Kier molecular flexibility index (Phi) is 4.74. The molecule has 0 unspecified atom stereocenters. The Bertz CT molecular complexity index is 947. The molecule has 4 rings (SSSR count). The van der Waals surface area contributed by atoms with Crippen LogP contribution in [0.2, 0.25) is 0 Å². The van der Waals surface area contributed by atoms with E-state index in [2.05, 4.69) is 49.7 Å². The second-order valence-corrected chi connectivity index (χ2v) is 6.27. The molecule has 7 nitrogen and oxygen atoms in total. The average Bonchev–Trinajstić information content (AvgIpc) is 2.73. The van der Waals surface area contributed by atoms with Crippen molar-refractivity contribution in [2.45, 2.75) is 13.0 Å². The third-order valence-corrected chi connectivity index (χ3v) is 4.64. The highest BCUT2D eigenvalue weighted by Gasteiger charge is 2.18. The van der Waals surface area contributed by atoms with E-state index in [9.17, 15) is 0 Å². The number of methoxy groups -OCH3 is 2. The average molecular weight is 363 g/mol. The molecule has 0 atom stereocenters. The van der Waals surface area contributed by atoms with Crippen LogP contribution in [0.15, 0.2) is 48.7 Å². The zero-order valence-electron chi connectivity index (χ0n) is 15.3. The Morgan fingerprint density at radius 3 is 2.63 bits per heavy atom. The first-order valence-electron chi connectivity index (χ1n) is 8.77. The van der Waals surface area contributed by atoms with Crippen LogP contribution in [0.1, 0.15) is 11.1 Å². The first-order chi connectivity index (χ1) is 13.3. The van der Waals surface area contributed by atoms with Gasteiger partial charge in [0.25, 0.3) is 0 Å². The molecule has 1 aliphatic rings. The van der Waals surface area contributed by atoms with Crippen molar-refractivity contribution in [1.29, 1.82) is 0 Å². The minimum absolute atomic E-state index is 0.443. The van der Waals surface area contributed by atoms with Crippen molar-refractivity contribution in [2.75, 3.05) is 31.0 Å². The summed E-state index contributed by atoms with van der Waals surface area (Å²) < 4.78 is 10.6. The van der Waals surface area contributed by atoms with E-state index in [4.69, 9.17) is 9.47 Å². The molecule has 1 N–H and O–H groups in total. The van der Waals surface area contributed by atoms with Crippen molar-refractivity contribution >= 4 is 17.5 Å². The van der Waals surface area contributed by atoms with Gasteiger partial charge >= 0.3 is 0 Å². The van der Waals surface area contributed by atoms with Gasteiger partial charge in [0.05, 0.1) is 20.4 Å². The van der Waals surface area contributed by atoms with Gasteiger partial charge in [-0.25, -0.2) is 0 Å². The molecule has 0 bridgehead atoms. The van der Waals surface area contributed by atoms with Gasteiger partial charge in [-0.3, -0.25) is 0 Å². The Labute approximate surface area is 158 Å². The number of anilines is 3. The summed E-state index contributed by atoms with van der Waals surface area (Å²) in [5.74, 6) is 2.56. The van der Waals surface area contributed by atoms with Gasteiger partial charge in [0.1, 0.15) is 0 Å². The van der Waals surface area contributed by atoms with Crippen molar-refractivity contribution in [1.82, 2.24) is 15.2 Å². The molecular weight excluding hydrogens is 342 g/mol. The summed E-state index contributed by atoms with van der Waals surface area (Å²) in [6.07, 6.45) is 2.70. The standard InChI is InChI=1S/C20H21N5O2/c1-26-17-8-7-16(11-18(17)27-2)22-20-23-19(12-21-24-20)25-10-9-14-5-3-4-6-15(14)13-25/h3-8,11-12H,9-10,13H2,1-2H3,(H,22,23,24). The molecule has 3 aromatic rings. The number of fused-ring (bicyclic) bond motifs is 1. The highest BCUT2D eigenvalue weighted by Crippen LogP contribution is 2.31. The smallest absolute Gasteiger partial charge is 0.249 e. The summed E-state index contributed by atoms with van der Waals surface area (Å²) in [5.41, 5.74) is 3.53. The minimum Gasteiger partial charge on any atom is -0.493 e. The number of rotatable bonds is 5. The fraction of sp³-hybridized carbons (Fsp3) is 0.250. The topological polar surface area (TPSA) is 72.4 Å². The fourth-order valence-electron chi connectivity index (χ4n) is 3.23. The highest BCUT2D eigenvalue weighted by molar-refractivity contribution is 5.60. The normalized spacial score (nSPS) is 13.0. The molecule has 0 aliphatic carbocycles. The molecule has 1 aliphatic heterocycles. The molecule has 2 heterocycles. The highest BCUT2D eigenvalue weighted by atomic mass is 16.5. The lowest BCUT2D eigenvalue weighted by atomic mass is 10.0. The summed E-state index contributed by atoms with van der Waals surface area (Å²) in [6.45, 7) is 1.73. The lowest BCUT2D eigenvalue weighted by Gasteiger charge is -2.29. The maximum absolute atomic E-state index is 5.34. The number of ether oxygens (including phenoxy) is 2. The van der Waals surface area contributed by atoms with E-state index < -0.39 is 0 Å². The number of hydrogen-bond donors (Lipinski definition) is 1. The van der Waals surface area contributed by atoms with Crippen molar-refractivity contribution in [3.8, 4) is 11.5 Å². The van der Waals surface area contributed by atoms with E-state index in [-0.39, 0.29) is 0 Å². The van der Waals surface area contributed by atoms with E-state index in [1.165, 1.54) is 11.1 Å². The minimum atomic E-state index is 0.443. The predicted molar refractivity (Wildman–Crippen MR) is 104 cm³/mol. The summed E-state index contributed by atoms with van der Waals surface area (Å²) in [4.78, 5) is 6.85. The Balaban J connectivity index is 1.53. The molecule has 0 spiro atoms. The van der Waals surface area contributed by atoms with Crippen LogP contribution in [0.5, 0.6) is 11.5 Å². The number of aromatic nitrogens is 3. The van der Waals surface area contributed by atoms with E-state index in [0.29, 0.717) is 17.4 Å². The third kappa shape index (κ3) is 3.62. The van der Waals surface area contributed by atoms with Crippen LogP contribution in [0.4, 0.5) is 17.5 Å². The van der Waals surface area contributed by atoms with Crippen molar-refractivity contribution < 1.29 is 9.47 Å². The number of nitrogens with one attached hydrogen (secondary N) is 1.